The van der Waals surface area contributed by atoms with Crippen molar-refractivity contribution in [2.75, 3.05) is 26.4 Å². The summed E-state index contributed by atoms with van der Waals surface area (Å²) in [6.07, 6.45) is 8.58. The quantitative estimate of drug-likeness (QED) is 0.759. The highest BCUT2D eigenvalue weighted by molar-refractivity contribution is 7.95. The highest BCUT2D eigenvalue weighted by atomic mass is 32.2. The van der Waals surface area contributed by atoms with Gasteiger partial charge in [-0.05, 0) is 44.5 Å². The number of rotatable bonds is 7. The molecule has 26 heavy (non-hydrogen) atoms. The first kappa shape index (κ1) is 18.7. The Bertz CT molecular complexity index is 928. The molecule has 1 N–H and O–H groups in total. The van der Waals surface area contributed by atoms with Crippen molar-refractivity contribution in [3.63, 3.8) is 0 Å². The first-order chi connectivity index (χ1) is 12.5. The second kappa shape index (κ2) is 7.68. The lowest BCUT2D eigenvalue weighted by molar-refractivity contribution is 0.310. The summed E-state index contributed by atoms with van der Waals surface area (Å²) in [5, 5.41) is 4.20. The average molecular weight is 374 g/mol. The van der Waals surface area contributed by atoms with Crippen molar-refractivity contribution in [2.45, 2.75) is 25.3 Å². The van der Waals surface area contributed by atoms with Crippen molar-refractivity contribution < 1.29 is 8.42 Å². The van der Waals surface area contributed by atoms with Gasteiger partial charge in [0.25, 0.3) is 0 Å². The Morgan fingerprint density at radius 1 is 1.38 bits per heavy atom. The molecule has 0 radical (unpaired) electrons. The van der Waals surface area contributed by atoms with Crippen molar-refractivity contribution in [2.24, 2.45) is 0 Å². The first-order valence-electron chi connectivity index (χ1n) is 8.98. The standard InChI is InChI=1S/C20H27N3O2S/c1-4-12-26(24,25)20(21-2)15-23-14-16(13-17-8-7-11-22(17)3)18-9-5-6-10-19(18)23/h4-6,9-10,14-15,17,21H,1,7-8,11-13H2,2-3H3. The molecule has 0 bridgehead atoms. The maximum Gasteiger partial charge on any atom is 0.198 e. The van der Waals surface area contributed by atoms with Crippen LogP contribution < -0.4 is 5.32 Å². The van der Waals surface area contributed by atoms with Gasteiger partial charge in [0.05, 0.1) is 11.3 Å². The minimum atomic E-state index is -3.41. The lowest BCUT2D eigenvalue weighted by atomic mass is 10.0. The van der Waals surface area contributed by atoms with Crippen LogP contribution in [0.5, 0.6) is 0 Å². The normalized spacial score (nSPS) is 19.2. The molecule has 2 heterocycles. The smallest absolute Gasteiger partial charge is 0.198 e. The summed E-state index contributed by atoms with van der Waals surface area (Å²) in [5.41, 5.74) is 2.27. The molecule has 6 heteroatoms. The van der Waals surface area contributed by atoms with Gasteiger partial charge in [-0.25, -0.2) is 8.42 Å². The van der Waals surface area contributed by atoms with Crippen LogP contribution in [0.15, 0.2) is 48.1 Å². The summed E-state index contributed by atoms with van der Waals surface area (Å²) in [5.74, 6) is -0.0847. The molecule has 0 aliphatic carbocycles. The second-order valence-electron chi connectivity index (χ2n) is 6.87. The van der Waals surface area contributed by atoms with Crippen molar-refractivity contribution >= 4 is 26.9 Å². The fourth-order valence-electron chi connectivity index (χ4n) is 3.71. The van der Waals surface area contributed by atoms with Gasteiger partial charge in [-0.1, -0.05) is 24.3 Å². The van der Waals surface area contributed by atoms with Crippen molar-refractivity contribution in [3.8, 4) is 0 Å². The summed E-state index contributed by atoms with van der Waals surface area (Å²) in [4.78, 5) is 2.41. The van der Waals surface area contributed by atoms with Crippen LogP contribution in [0.1, 0.15) is 18.4 Å². The second-order valence-corrected chi connectivity index (χ2v) is 8.88. The van der Waals surface area contributed by atoms with E-state index < -0.39 is 9.84 Å². The highest BCUT2D eigenvalue weighted by Crippen LogP contribution is 2.27. The van der Waals surface area contributed by atoms with Gasteiger partial charge in [0, 0.05) is 30.9 Å². The van der Waals surface area contributed by atoms with Crippen molar-refractivity contribution in [3.05, 3.63) is 53.7 Å². The molecule has 2 aromatic rings. The van der Waals surface area contributed by atoms with Crippen LogP contribution in [0, 0.1) is 0 Å². The molecule has 1 aliphatic rings. The number of likely N-dealkylation sites (tertiary alicyclic amines) is 1. The Hall–Kier alpha value is -2.05. The Kier molecular flexibility index (Phi) is 5.53. The molecule has 1 saturated heterocycles. The van der Waals surface area contributed by atoms with Crippen LogP contribution in [0.2, 0.25) is 0 Å². The molecule has 0 saturated carbocycles. The molecule has 1 aromatic carbocycles. The van der Waals surface area contributed by atoms with Crippen LogP contribution >= 0.6 is 0 Å². The molecule has 5 nitrogen and oxygen atoms in total. The van der Waals surface area contributed by atoms with Gasteiger partial charge >= 0.3 is 0 Å². The van der Waals surface area contributed by atoms with Gasteiger partial charge < -0.3 is 14.8 Å². The van der Waals surface area contributed by atoms with E-state index in [9.17, 15) is 8.42 Å². The maximum atomic E-state index is 12.4. The van der Waals surface area contributed by atoms with E-state index in [4.69, 9.17) is 0 Å². The third-order valence-electron chi connectivity index (χ3n) is 5.13. The third kappa shape index (κ3) is 3.71. The lowest BCUT2D eigenvalue weighted by Gasteiger charge is -2.18. The SMILES string of the molecule is C=CCS(=O)(=O)C(=Cn1cc(CC2CCCN2C)c2ccccc21)NC. The number of nitrogens with zero attached hydrogens (tertiary/aromatic N) is 2. The van der Waals surface area contributed by atoms with Gasteiger partial charge in [0.1, 0.15) is 5.03 Å². The maximum absolute atomic E-state index is 12.4. The first-order valence-corrected chi connectivity index (χ1v) is 10.6. The number of sulfone groups is 1. The van der Waals surface area contributed by atoms with E-state index in [0.29, 0.717) is 6.04 Å². The van der Waals surface area contributed by atoms with Gasteiger partial charge in [-0.3, -0.25) is 0 Å². The summed E-state index contributed by atoms with van der Waals surface area (Å²) in [7, 11) is 0.401. The largest absolute Gasteiger partial charge is 0.378 e. The minimum absolute atomic E-state index is 0.0847. The van der Waals surface area contributed by atoms with Crippen LogP contribution in [0.4, 0.5) is 0 Å². The van der Waals surface area contributed by atoms with Crippen LogP contribution in [0.3, 0.4) is 0 Å². The van der Waals surface area contributed by atoms with E-state index in [1.807, 2.05) is 22.8 Å². The molecular weight excluding hydrogens is 346 g/mol. The fraction of sp³-hybridized carbons (Fsp3) is 0.400. The van der Waals surface area contributed by atoms with Gasteiger partial charge in [-0.2, -0.15) is 0 Å². The molecule has 1 atom stereocenters. The van der Waals surface area contributed by atoms with Crippen molar-refractivity contribution in [1.82, 2.24) is 14.8 Å². The molecule has 0 amide bonds. The van der Waals surface area contributed by atoms with Gasteiger partial charge in [0.2, 0.25) is 0 Å². The third-order valence-corrected chi connectivity index (χ3v) is 6.78. The van der Waals surface area contributed by atoms with E-state index in [-0.39, 0.29) is 10.8 Å². The Morgan fingerprint density at radius 3 is 2.81 bits per heavy atom. The number of hydrogen-bond donors (Lipinski definition) is 1. The number of fused-ring (bicyclic) bond motifs is 1. The van der Waals surface area contributed by atoms with E-state index in [2.05, 4.69) is 36.1 Å². The number of hydrogen-bond acceptors (Lipinski definition) is 4. The Labute approximate surface area is 155 Å². The van der Waals surface area contributed by atoms with Gasteiger partial charge in [-0.15, -0.1) is 6.58 Å². The fourth-order valence-corrected chi connectivity index (χ4v) is 4.78. The predicted octanol–water partition coefficient (Wildman–Crippen LogP) is 2.85. The number of benzene rings is 1. The zero-order valence-electron chi connectivity index (χ0n) is 15.5. The zero-order valence-corrected chi connectivity index (χ0v) is 16.3. The predicted molar refractivity (Wildman–Crippen MR) is 109 cm³/mol. The summed E-state index contributed by atoms with van der Waals surface area (Å²) in [6.45, 7) is 4.69. The number of aromatic nitrogens is 1. The monoisotopic (exact) mass is 373 g/mol. The average Bonchev–Trinajstić information content (AvgIpc) is 3.17. The Balaban J connectivity index is 2.03. The molecule has 140 valence electrons. The van der Waals surface area contributed by atoms with E-state index in [0.717, 1.165) is 18.5 Å². The molecule has 1 unspecified atom stereocenters. The summed E-state index contributed by atoms with van der Waals surface area (Å²) >= 11 is 0. The van der Waals surface area contributed by atoms with E-state index in [1.54, 1.807) is 13.2 Å². The highest BCUT2D eigenvalue weighted by Gasteiger charge is 2.23. The molecule has 0 spiro atoms. The Morgan fingerprint density at radius 2 is 2.15 bits per heavy atom. The molecule has 1 fully saturated rings. The summed E-state index contributed by atoms with van der Waals surface area (Å²) in [6, 6.07) is 8.70. The van der Waals surface area contributed by atoms with E-state index in [1.165, 1.54) is 29.9 Å². The van der Waals surface area contributed by atoms with Crippen LogP contribution in [-0.2, 0) is 16.3 Å². The molecule has 1 aromatic heterocycles. The minimum Gasteiger partial charge on any atom is -0.378 e. The lowest BCUT2D eigenvalue weighted by Crippen LogP contribution is -2.26. The number of likely N-dealkylation sites (N-methyl/N-ethyl adjacent to an activating group) is 1. The van der Waals surface area contributed by atoms with E-state index >= 15 is 0 Å². The van der Waals surface area contributed by atoms with Gasteiger partial charge in [0.15, 0.2) is 9.84 Å². The van der Waals surface area contributed by atoms with Crippen LogP contribution in [0.25, 0.3) is 17.1 Å². The molecule has 3 rings (SSSR count). The number of para-hydroxylation sites is 1. The molecular formula is C20H27N3O2S. The topological polar surface area (TPSA) is 54.3 Å². The van der Waals surface area contributed by atoms with Crippen LogP contribution in [-0.4, -0.2) is 50.3 Å². The van der Waals surface area contributed by atoms with Crippen molar-refractivity contribution in [1.29, 1.82) is 0 Å². The molecule has 1 aliphatic heterocycles. The summed E-state index contributed by atoms with van der Waals surface area (Å²) < 4.78 is 26.7. The number of nitrogens with one attached hydrogen (secondary N) is 1. The zero-order chi connectivity index (χ0) is 18.7.